The van der Waals surface area contributed by atoms with Crippen LogP contribution >= 0.6 is 0 Å². The van der Waals surface area contributed by atoms with Gasteiger partial charge in [-0.3, -0.25) is 10.2 Å². The number of hydrogen-bond acceptors (Lipinski definition) is 8. The molecule has 1 heterocycles. The number of benzene rings is 2. The number of aromatic hydroxyl groups is 1. The zero-order valence-corrected chi connectivity index (χ0v) is 20.4. The summed E-state index contributed by atoms with van der Waals surface area (Å²) in [6.45, 7) is 7.77. The summed E-state index contributed by atoms with van der Waals surface area (Å²) in [5.41, 5.74) is 7.34. The summed E-state index contributed by atoms with van der Waals surface area (Å²) in [4.78, 5) is 22.8. The zero-order chi connectivity index (χ0) is 25.9. The maximum Gasteiger partial charge on any atom is 0.250 e. The second-order valence-electron chi connectivity index (χ2n) is 9.08. The van der Waals surface area contributed by atoms with Crippen LogP contribution in [0.5, 0.6) is 11.5 Å². The van der Waals surface area contributed by atoms with Crippen LogP contribution in [0.3, 0.4) is 0 Å². The van der Waals surface area contributed by atoms with Gasteiger partial charge in [0.05, 0.1) is 22.9 Å². The number of hydrogen-bond donors (Lipinski definition) is 4. The highest BCUT2D eigenvalue weighted by atomic mass is 16.5. The second kappa shape index (κ2) is 10.1. The highest BCUT2D eigenvalue weighted by Crippen LogP contribution is 2.41. The number of aromatic nitrogens is 2. The second-order valence-corrected chi connectivity index (χ2v) is 9.08. The Morgan fingerprint density at radius 1 is 1.28 bits per heavy atom. The van der Waals surface area contributed by atoms with Crippen LogP contribution in [0.15, 0.2) is 67.5 Å². The Bertz CT molecular complexity index is 1290. The zero-order valence-electron chi connectivity index (χ0n) is 20.4. The van der Waals surface area contributed by atoms with Crippen LogP contribution in [0.2, 0.25) is 0 Å². The van der Waals surface area contributed by atoms with Crippen molar-refractivity contribution < 1.29 is 14.6 Å². The fourth-order valence-corrected chi connectivity index (χ4v) is 3.95. The molecule has 9 heteroatoms. The molecule has 0 unspecified atom stereocenters. The standard InChI is InChI=1S/C27H30N6O3/c1-4-22(35)33(19-8-6-5-7-9-19)15-27(12-13-27)32-26-23(25(29)30-16-31-26)24(28)18-10-11-21(20(34)14-18)36-17(2)3/h4-11,14,16-17,28,34H,1,12-13,15H2,2-3H3,(H3,29,30,31,32). The normalized spacial score (nSPS) is 13.6. The molecule has 0 aliphatic heterocycles. The van der Waals surface area contributed by atoms with Gasteiger partial charge in [0.25, 0.3) is 0 Å². The van der Waals surface area contributed by atoms with Gasteiger partial charge in [-0.05, 0) is 63.1 Å². The third kappa shape index (κ3) is 5.30. The van der Waals surface area contributed by atoms with E-state index in [1.807, 2.05) is 44.2 Å². The number of amides is 1. The van der Waals surface area contributed by atoms with Gasteiger partial charge in [0.2, 0.25) is 5.91 Å². The van der Waals surface area contributed by atoms with E-state index in [1.54, 1.807) is 17.0 Å². The number of nitrogens with one attached hydrogen (secondary N) is 2. The number of nitrogens with zero attached hydrogens (tertiary/aromatic N) is 3. The largest absolute Gasteiger partial charge is 0.504 e. The lowest BCUT2D eigenvalue weighted by molar-refractivity contribution is -0.114. The molecule has 0 saturated heterocycles. The van der Waals surface area contributed by atoms with Gasteiger partial charge in [-0.25, -0.2) is 9.97 Å². The molecular weight excluding hydrogens is 456 g/mol. The number of rotatable bonds is 10. The molecule has 4 rings (SSSR count). The predicted octanol–water partition coefficient (Wildman–Crippen LogP) is 4.13. The molecule has 2 aromatic carbocycles. The van der Waals surface area contributed by atoms with Gasteiger partial charge in [-0.15, -0.1) is 0 Å². The van der Waals surface area contributed by atoms with Crippen molar-refractivity contribution in [2.75, 3.05) is 22.5 Å². The Morgan fingerprint density at radius 2 is 2.00 bits per heavy atom. The van der Waals surface area contributed by atoms with E-state index >= 15 is 0 Å². The minimum absolute atomic E-state index is 0.0554. The maximum absolute atomic E-state index is 12.7. The lowest BCUT2D eigenvalue weighted by Gasteiger charge is -2.28. The number of phenolic OH excluding ortho intramolecular Hbond substituents is 1. The van der Waals surface area contributed by atoms with Crippen LogP contribution in [0.25, 0.3) is 0 Å². The van der Waals surface area contributed by atoms with E-state index < -0.39 is 5.54 Å². The number of nitrogen functional groups attached to an aromatic ring is 1. The van der Waals surface area contributed by atoms with Crippen LogP contribution in [0, 0.1) is 5.41 Å². The molecule has 0 spiro atoms. The van der Waals surface area contributed by atoms with Gasteiger partial charge in [0.1, 0.15) is 18.0 Å². The van der Waals surface area contributed by atoms with E-state index in [9.17, 15) is 9.90 Å². The van der Waals surface area contributed by atoms with Crippen molar-refractivity contribution in [2.24, 2.45) is 0 Å². The minimum Gasteiger partial charge on any atom is -0.504 e. The van der Waals surface area contributed by atoms with Crippen molar-refractivity contribution >= 4 is 28.9 Å². The molecule has 1 aromatic heterocycles. The number of ether oxygens (including phenoxy) is 1. The SMILES string of the molecule is C=CC(=O)N(CC1(Nc2ncnc(N)c2C(=N)c2ccc(OC(C)C)c(O)c2)CC1)c1ccccc1. The van der Waals surface area contributed by atoms with Gasteiger partial charge in [0.15, 0.2) is 11.5 Å². The van der Waals surface area contributed by atoms with E-state index in [2.05, 4.69) is 21.9 Å². The molecule has 0 radical (unpaired) electrons. The third-order valence-corrected chi connectivity index (χ3v) is 5.94. The van der Waals surface area contributed by atoms with E-state index in [0.29, 0.717) is 29.2 Å². The van der Waals surface area contributed by atoms with Gasteiger partial charge in [0, 0.05) is 17.8 Å². The topological polar surface area (TPSA) is 137 Å². The average molecular weight is 487 g/mol. The highest BCUT2D eigenvalue weighted by molar-refractivity contribution is 6.16. The smallest absolute Gasteiger partial charge is 0.250 e. The van der Waals surface area contributed by atoms with E-state index in [0.717, 1.165) is 18.5 Å². The molecule has 36 heavy (non-hydrogen) atoms. The first kappa shape index (κ1) is 24.7. The van der Waals surface area contributed by atoms with Gasteiger partial charge < -0.3 is 25.8 Å². The lowest BCUT2D eigenvalue weighted by atomic mass is 10.0. The van der Waals surface area contributed by atoms with Gasteiger partial charge >= 0.3 is 0 Å². The Labute approximate surface area is 210 Å². The van der Waals surface area contributed by atoms with Crippen LogP contribution < -0.4 is 20.7 Å². The number of phenols is 1. The Hall–Kier alpha value is -4.40. The molecule has 1 amide bonds. The fraction of sp³-hybridized carbons (Fsp3) is 0.259. The maximum atomic E-state index is 12.7. The Balaban J connectivity index is 1.62. The molecule has 3 aromatic rings. The number of carbonyl (C=O) groups excluding carboxylic acids is 1. The van der Waals surface area contributed by atoms with Crippen LogP contribution in [-0.4, -0.2) is 44.9 Å². The van der Waals surface area contributed by atoms with Crippen molar-refractivity contribution in [1.29, 1.82) is 5.41 Å². The number of para-hydroxylation sites is 1. The molecule has 1 saturated carbocycles. The average Bonchev–Trinajstić information content (AvgIpc) is 3.62. The Morgan fingerprint density at radius 3 is 2.61 bits per heavy atom. The van der Waals surface area contributed by atoms with E-state index in [4.69, 9.17) is 15.9 Å². The van der Waals surface area contributed by atoms with Crippen molar-refractivity contribution in [3.63, 3.8) is 0 Å². The molecule has 9 nitrogen and oxygen atoms in total. The first-order valence-corrected chi connectivity index (χ1v) is 11.7. The molecule has 186 valence electrons. The van der Waals surface area contributed by atoms with Crippen LogP contribution in [0.1, 0.15) is 37.8 Å². The fourth-order valence-electron chi connectivity index (χ4n) is 3.95. The molecule has 1 aliphatic carbocycles. The number of nitrogens with two attached hydrogens (primary N) is 1. The van der Waals surface area contributed by atoms with Crippen molar-refractivity contribution in [3.05, 3.63) is 78.6 Å². The van der Waals surface area contributed by atoms with E-state index in [1.165, 1.54) is 18.5 Å². The molecule has 5 N–H and O–H groups in total. The van der Waals surface area contributed by atoms with Crippen molar-refractivity contribution in [1.82, 2.24) is 9.97 Å². The highest BCUT2D eigenvalue weighted by Gasteiger charge is 2.46. The number of anilines is 3. The van der Waals surface area contributed by atoms with Gasteiger partial charge in [-0.1, -0.05) is 24.8 Å². The quantitative estimate of drug-likeness (QED) is 0.250. The monoisotopic (exact) mass is 486 g/mol. The first-order chi connectivity index (χ1) is 17.2. The van der Waals surface area contributed by atoms with Crippen LogP contribution in [0.4, 0.5) is 17.3 Å². The predicted molar refractivity (Wildman–Crippen MR) is 141 cm³/mol. The molecule has 1 aliphatic rings. The summed E-state index contributed by atoms with van der Waals surface area (Å²) >= 11 is 0. The number of carbonyl (C=O) groups is 1. The first-order valence-electron chi connectivity index (χ1n) is 11.7. The third-order valence-electron chi connectivity index (χ3n) is 5.94. The molecular formula is C27H30N6O3. The summed E-state index contributed by atoms with van der Waals surface area (Å²) in [6.07, 6.45) is 4.14. The minimum atomic E-state index is -0.443. The lowest BCUT2D eigenvalue weighted by Crippen LogP contribution is -2.42. The summed E-state index contributed by atoms with van der Waals surface area (Å²) in [7, 11) is 0. The van der Waals surface area contributed by atoms with E-state index in [-0.39, 0.29) is 29.3 Å². The molecule has 1 fully saturated rings. The van der Waals surface area contributed by atoms with Crippen molar-refractivity contribution in [3.8, 4) is 11.5 Å². The van der Waals surface area contributed by atoms with Crippen molar-refractivity contribution in [2.45, 2.75) is 38.3 Å². The summed E-state index contributed by atoms with van der Waals surface area (Å²) in [6, 6.07) is 14.2. The summed E-state index contributed by atoms with van der Waals surface area (Å²) < 4.78 is 5.59. The molecule has 0 atom stereocenters. The summed E-state index contributed by atoms with van der Waals surface area (Å²) in [5.74, 6) is 0.588. The summed E-state index contributed by atoms with van der Waals surface area (Å²) in [5, 5.41) is 22.7. The Kier molecular flexibility index (Phi) is 6.91. The van der Waals surface area contributed by atoms with Gasteiger partial charge in [-0.2, -0.15) is 0 Å². The molecule has 0 bridgehead atoms. The van der Waals surface area contributed by atoms with Crippen LogP contribution in [-0.2, 0) is 4.79 Å².